The molecule has 1 amide bonds. The van der Waals surface area contributed by atoms with Gasteiger partial charge in [0.2, 0.25) is 0 Å². The Morgan fingerprint density at radius 1 is 1.19 bits per heavy atom. The van der Waals surface area contributed by atoms with Crippen LogP contribution in [0.4, 0.5) is 0 Å². The third-order valence-electron chi connectivity index (χ3n) is 4.45. The quantitative estimate of drug-likeness (QED) is 0.720. The average molecular weight is 403 g/mol. The Labute approximate surface area is 166 Å². The molecule has 2 aromatic carbocycles. The maximum atomic E-state index is 12.5. The fourth-order valence-corrected chi connectivity index (χ4v) is 3.30. The lowest BCUT2D eigenvalue weighted by atomic mass is 10.1. The first-order valence-electron chi connectivity index (χ1n) is 8.43. The summed E-state index contributed by atoms with van der Waals surface area (Å²) in [6, 6.07) is 14.9. The molecular weight excluding hydrogens is 387 g/mol. The number of nitrogens with zero attached hydrogens (tertiary/aromatic N) is 3. The van der Waals surface area contributed by atoms with Crippen molar-refractivity contribution in [3.05, 3.63) is 81.1 Å². The molecule has 0 aliphatic carbocycles. The third kappa shape index (κ3) is 3.83. The van der Waals surface area contributed by atoms with Crippen molar-refractivity contribution in [2.45, 2.75) is 25.8 Å². The number of hydrogen-bond donors (Lipinski definition) is 1. The van der Waals surface area contributed by atoms with Gasteiger partial charge in [-0.15, -0.1) is 5.10 Å². The molecule has 1 atom stereocenters. The Balaban J connectivity index is 1.45. The van der Waals surface area contributed by atoms with Gasteiger partial charge in [-0.05, 0) is 29.3 Å². The second kappa shape index (κ2) is 7.68. The Bertz CT molecular complexity index is 972. The summed E-state index contributed by atoms with van der Waals surface area (Å²) >= 11 is 12.1. The maximum absolute atomic E-state index is 12.5. The second-order valence-corrected chi connectivity index (χ2v) is 7.04. The number of aromatic nitrogens is 3. The van der Waals surface area contributed by atoms with Crippen LogP contribution in [0.1, 0.15) is 33.4 Å². The topological polar surface area (TPSA) is 69.0 Å². The van der Waals surface area contributed by atoms with Crippen LogP contribution in [0, 0.1) is 0 Å². The zero-order valence-electron chi connectivity index (χ0n) is 14.2. The Morgan fingerprint density at radius 3 is 2.74 bits per heavy atom. The summed E-state index contributed by atoms with van der Waals surface area (Å²) in [6.07, 6.45) is -0.157. The van der Waals surface area contributed by atoms with Crippen molar-refractivity contribution in [2.75, 3.05) is 0 Å². The molecule has 1 aliphatic heterocycles. The number of hydrogen-bond acceptors (Lipinski definition) is 4. The molecule has 1 unspecified atom stereocenters. The minimum Gasteiger partial charge on any atom is -0.365 e. The zero-order valence-corrected chi connectivity index (χ0v) is 15.7. The fourth-order valence-electron chi connectivity index (χ4n) is 2.97. The lowest BCUT2D eigenvalue weighted by molar-refractivity contribution is -0.00176. The normalized spacial score (nSPS) is 16.0. The van der Waals surface area contributed by atoms with Gasteiger partial charge in [-0.3, -0.25) is 4.79 Å². The van der Waals surface area contributed by atoms with Gasteiger partial charge in [-0.25, -0.2) is 4.68 Å². The Morgan fingerprint density at radius 2 is 1.96 bits per heavy atom. The predicted molar refractivity (Wildman–Crippen MR) is 102 cm³/mol. The molecule has 27 heavy (non-hydrogen) atoms. The van der Waals surface area contributed by atoms with Crippen LogP contribution in [0.3, 0.4) is 0 Å². The van der Waals surface area contributed by atoms with Gasteiger partial charge in [0, 0.05) is 16.6 Å². The van der Waals surface area contributed by atoms with Crippen molar-refractivity contribution >= 4 is 29.1 Å². The first-order chi connectivity index (χ1) is 13.1. The summed E-state index contributed by atoms with van der Waals surface area (Å²) in [5, 5.41) is 12.3. The van der Waals surface area contributed by atoms with Crippen LogP contribution in [0.5, 0.6) is 0 Å². The Hall–Kier alpha value is -2.41. The molecule has 0 spiro atoms. The van der Waals surface area contributed by atoms with Crippen molar-refractivity contribution in [1.82, 2.24) is 20.3 Å². The van der Waals surface area contributed by atoms with Gasteiger partial charge < -0.3 is 10.1 Å². The van der Waals surface area contributed by atoms with Gasteiger partial charge in [-0.1, -0.05) is 58.7 Å². The number of carbonyl (C=O) groups excluding carboxylic acids is 1. The summed E-state index contributed by atoms with van der Waals surface area (Å²) in [5.74, 6) is -0.301. The predicted octanol–water partition coefficient (Wildman–Crippen LogP) is 3.79. The Kier molecular flexibility index (Phi) is 5.11. The molecule has 0 fully saturated rings. The molecule has 0 bridgehead atoms. The molecule has 2 heterocycles. The van der Waals surface area contributed by atoms with E-state index in [9.17, 15) is 4.79 Å². The number of nitrogens with one attached hydrogen (secondary N) is 1. The lowest BCUT2D eigenvalue weighted by Gasteiger charge is -2.24. The van der Waals surface area contributed by atoms with Crippen molar-refractivity contribution in [1.29, 1.82) is 0 Å². The highest BCUT2D eigenvalue weighted by atomic mass is 35.5. The maximum Gasteiger partial charge on any atom is 0.274 e. The molecule has 1 aliphatic rings. The molecule has 0 saturated heterocycles. The summed E-state index contributed by atoms with van der Waals surface area (Å²) in [6.45, 7) is 1.07. The number of halogens is 2. The zero-order chi connectivity index (χ0) is 18.8. The van der Waals surface area contributed by atoms with Gasteiger partial charge in [-0.2, -0.15) is 0 Å². The third-order valence-corrected chi connectivity index (χ3v) is 5.07. The van der Waals surface area contributed by atoms with E-state index < -0.39 is 0 Å². The van der Waals surface area contributed by atoms with Gasteiger partial charge in [0.25, 0.3) is 5.91 Å². The average Bonchev–Trinajstić information content (AvgIpc) is 3.11. The first-order valence-corrected chi connectivity index (χ1v) is 9.18. The van der Waals surface area contributed by atoms with E-state index in [1.54, 1.807) is 10.7 Å². The SMILES string of the molecule is O=C(NCc1ccccc1Cl)c1nnn2c1COC(c1ccc(Cl)cc1)C2. The molecule has 6 nitrogen and oxygen atoms in total. The van der Waals surface area contributed by atoms with Crippen LogP contribution in [-0.4, -0.2) is 20.9 Å². The molecule has 8 heteroatoms. The molecule has 4 rings (SSSR count). The summed E-state index contributed by atoms with van der Waals surface area (Å²) in [4.78, 5) is 12.5. The van der Waals surface area contributed by atoms with E-state index in [0.29, 0.717) is 28.8 Å². The van der Waals surface area contributed by atoms with E-state index >= 15 is 0 Å². The highest BCUT2D eigenvalue weighted by Gasteiger charge is 2.27. The van der Waals surface area contributed by atoms with Crippen LogP contribution in [-0.2, 0) is 24.4 Å². The van der Waals surface area contributed by atoms with Crippen molar-refractivity contribution in [3.8, 4) is 0 Å². The molecule has 0 radical (unpaired) electrons. The largest absolute Gasteiger partial charge is 0.365 e. The smallest absolute Gasteiger partial charge is 0.274 e. The number of rotatable bonds is 4. The van der Waals surface area contributed by atoms with Crippen LogP contribution in [0.25, 0.3) is 0 Å². The summed E-state index contributed by atoms with van der Waals surface area (Å²) < 4.78 is 7.63. The van der Waals surface area contributed by atoms with E-state index in [1.165, 1.54) is 0 Å². The minimum atomic E-state index is -0.301. The highest BCUT2D eigenvalue weighted by Crippen LogP contribution is 2.27. The van der Waals surface area contributed by atoms with Crippen LogP contribution >= 0.6 is 23.2 Å². The summed E-state index contributed by atoms with van der Waals surface area (Å²) in [5.41, 5.74) is 2.78. The molecular formula is C19H16Cl2N4O2. The fraction of sp³-hybridized carbons (Fsp3) is 0.211. The van der Waals surface area contributed by atoms with E-state index in [4.69, 9.17) is 27.9 Å². The monoisotopic (exact) mass is 402 g/mol. The number of ether oxygens (including phenoxy) is 1. The number of fused-ring (bicyclic) bond motifs is 1. The van der Waals surface area contributed by atoms with Gasteiger partial charge >= 0.3 is 0 Å². The van der Waals surface area contributed by atoms with E-state index in [1.807, 2.05) is 42.5 Å². The van der Waals surface area contributed by atoms with Crippen LogP contribution in [0.15, 0.2) is 48.5 Å². The highest BCUT2D eigenvalue weighted by molar-refractivity contribution is 6.31. The molecule has 1 aromatic heterocycles. The van der Waals surface area contributed by atoms with Crippen molar-refractivity contribution in [2.24, 2.45) is 0 Å². The molecule has 1 N–H and O–H groups in total. The first kappa shape index (κ1) is 18.0. The standard InChI is InChI=1S/C19H16Cl2N4O2/c20-14-7-5-12(6-8-14)17-10-25-16(11-27-17)18(23-24-25)19(26)22-9-13-3-1-2-4-15(13)21/h1-8,17H,9-11H2,(H,22,26). The summed E-state index contributed by atoms with van der Waals surface area (Å²) in [7, 11) is 0. The van der Waals surface area contributed by atoms with Crippen LogP contribution in [0.2, 0.25) is 10.0 Å². The van der Waals surface area contributed by atoms with Gasteiger partial charge in [0.05, 0.1) is 18.8 Å². The van der Waals surface area contributed by atoms with E-state index in [-0.39, 0.29) is 24.3 Å². The minimum absolute atomic E-state index is 0.157. The molecule has 138 valence electrons. The van der Waals surface area contributed by atoms with Gasteiger partial charge in [0.1, 0.15) is 6.10 Å². The molecule has 0 saturated carbocycles. The van der Waals surface area contributed by atoms with E-state index in [2.05, 4.69) is 15.6 Å². The number of carbonyl (C=O) groups is 1. The van der Waals surface area contributed by atoms with Crippen molar-refractivity contribution < 1.29 is 9.53 Å². The lowest BCUT2D eigenvalue weighted by Crippen LogP contribution is -2.27. The number of benzene rings is 2. The van der Waals surface area contributed by atoms with Crippen LogP contribution < -0.4 is 5.32 Å². The van der Waals surface area contributed by atoms with E-state index in [0.717, 1.165) is 11.1 Å². The second-order valence-electron chi connectivity index (χ2n) is 6.19. The molecule has 3 aromatic rings. The number of amides is 1. The van der Waals surface area contributed by atoms with Gasteiger partial charge in [0.15, 0.2) is 5.69 Å². The van der Waals surface area contributed by atoms with Crippen molar-refractivity contribution in [3.63, 3.8) is 0 Å².